The summed E-state index contributed by atoms with van der Waals surface area (Å²) in [5, 5.41) is 8.28. The number of benzene rings is 1. The van der Waals surface area contributed by atoms with Gasteiger partial charge in [0.05, 0.1) is 5.52 Å². The molecule has 1 saturated carbocycles. The molecule has 5 heteroatoms. The summed E-state index contributed by atoms with van der Waals surface area (Å²) in [5.74, 6) is 0.127. The molecule has 0 radical (unpaired) electrons. The second kappa shape index (κ2) is 6.46. The monoisotopic (exact) mass is 300 g/mol. The molecule has 1 aromatic carbocycles. The van der Waals surface area contributed by atoms with Crippen LogP contribution < -0.4 is 0 Å². The van der Waals surface area contributed by atoms with Crippen LogP contribution in [0.4, 0.5) is 0 Å². The highest BCUT2D eigenvalue weighted by Crippen LogP contribution is 2.24. The molecular weight excluding hydrogens is 276 g/mol. The summed E-state index contributed by atoms with van der Waals surface area (Å²) < 4.78 is 1.85. The quantitative estimate of drug-likeness (QED) is 0.871. The number of amides is 1. The second-order valence-corrected chi connectivity index (χ2v) is 5.99. The van der Waals surface area contributed by atoms with Crippen LogP contribution in [0.25, 0.3) is 11.0 Å². The molecule has 0 bridgehead atoms. The third-order valence-electron chi connectivity index (χ3n) is 4.68. The van der Waals surface area contributed by atoms with Gasteiger partial charge in [-0.25, -0.2) is 4.68 Å². The first-order valence-corrected chi connectivity index (χ1v) is 8.38. The molecular formula is C17H24N4O. The van der Waals surface area contributed by atoms with Crippen molar-refractivity contribution in [2.45, 2.75) is 58.5 Å². The highest BCUT2D eigenvalue weighted by molar-refractivity contribution is 5.97. The number of hydrogen-bond acceptors (Lipinski definition) is 3. The zero-order chi connectivity index (χ0) is 15.5. The van der Waals surface area contributed by atoms with Gasteiger partial charge in [0.2, 0.25) is 0 Å². The van der Waals surface area contributed by atoms with E-state index in [9.17, 15) is 4.79 Å². The fourth-order valence-corrected chi connectivity index (χ4v) is 3.46. The summed E-state index contributed by atoms with van der Waals surface area (Å²) in [6, 6.07) is 6.14. The van der Waals surface area contributed by atoms with E-state index in [4.69, 9.17) is 0 Å². The Morgan fingerprint density at radius 3 is 2.73 bits per heavy atom. The van der Waals surface area contributed by atoms with Gasteiger partial charge in [0.25, 0.3) is 5.91 Å². The summed E-state index contributed by atoms with van der Waals surface area (Å²) in [4.78, 5) is 14.9. The molecule has 0 unspecified atom stereocenters. The second-order valence-electron chi connectivity index (χ2n) is 5.99. The lowest BCUT2D eigenvalue weighted by atomic mass is 9.93. The third-order valence-corrected chi connectivity index (χ3v) is 4.68. The predicted octanol–water partition coefficient (Wildman–Crippen LogP) is 3.25. The average Bonchev–Trinajstić information content (AvgIpc) is 2.98. The van der Waals surface area contributed by atoms with E-state index in [0.29, 0.717) is 6.04 Å². The van der Waals surface area contributed by atoms with Gasteiger partial charge < -0.3 is 4.90 Å². The van der Waals surface area contributed by atoms with Gasteiger partial charge in [-0.3, -0.25) is 4.79 Å². The van der Waals surface area contributed by atoms with Crippen molar-refractivity contribution in [3.63, 3.8) is 0 Å². The molecule has 0 N–H and O–H groups in total. The summed E-state index contributed by atoms with van der Waals surface area (Å²) in [6.07, 6.45) is 6.03. The standard InChI is InChI=1S/C17H24N4O/c1-3-20(14-8-6-5-7-9-14)17(22)13-10-11-16-15(12-13)18-19-21(16)4-2/h10-12,14H,3-9H2,1-2H3. The Hall–Kier alpha value is -1.91. The third kappa shape index (κ3) is 2.72. The van der Waals surface area contributed by atoms with Crippen LogP contribution in [0.15, 0.2) is 18.2 Å². The van der Waals surface area contributed by atoms with Crippen molar-refractivity contribution < 1.29 is 4.79 Å². The van der Waals surface area contributed by atoms with Crippen LogP contribution in [0.2, 0.25) is 0 Å². The molecule has 3 rings (SSSR count). The van der Waals surface area contributed by atoms with Crippen molar-refractivity contribution in [1.29, 1.82) is 0 Å². The van der Waals surface area contributed by atoms with Gasteiger partial charge in [-0.2, -0.15) is 0 Å². The Morgan fingerprint density at radius 1 is 1.27 bits per heavy atom. The lowest BCUT2D eigenvalue weighted by Crippen LogP contribution is -2.41. The van der Waals surface area contributed by atoms with E-state index in [-0.39, 0.29) is 5.91 Å². The lowest BCUT2D eigenvalue weighted by Gasteiger charge is -2.33. The number of carbonyl (C=O) groups excluding carboxylic acids is 1. The zero-order valence-corrected chi connectivity index (χ0v) is 13.5. The Balaban J connectivity index is 1.86. The Kier molecular flexibility index (Phi) is 4.41. The largest absolute Gasteiger partial charge is 0.336 e. The maximum atomic E-state index is 12.9. The molecule has 5 nitrogen and oxygen atoms in total. The first kappa shape index (κ1) is 15.0. The van der Waals surface area contributed by atoms with Gasteiger partial charge in [-0.1, -0.05) is 24.5 Å². The fourth-order valence-electron chi connectivity index (χ4n) is 3.46. The number of carbonyl (C=O) groups is 1. The minimum Gasteiger partial charge on any atom is -0.336 e. The summed E-state index contributed by atoms with van der Waals surface area (Å²) in [5.41, 5.74) is 2.51. The smallest absolute Gasteiger partial charge is 0.254 e. The van der Waals surface area contributed by atoms with E-state index < -0.39 is 0 Å². The van der Waals surface area contributed by atoms with Crippen molar-refractivity contribution in [2.24, 2.45) is 0 Å². The molecule has 1 aromatic heterocycles. The maximum Gasteiger partial charge on any atom is 0.254 e. The van der Waals surface area contributed by atoms with E-state index in [1.807, 2.05) is 34.7 Å². The van der Waals surface area contributed by atoms with Gasteiger partial charge in [0.1, 0.15) is 5.52 Å². The van der Waals surface area contributed by atoms with Crippen molar-refractivity contribution >= 4 is 16.9 Å². The first-order valence-electron chi connectivity index (χ1n) is 8.38. The van der Waals surface area contributed by atoms with Crippen molar-refractivity contribution in [3.8, 4) is 0 Å². The van der Waals surface area contributed by atoms with E-state index >= 15 is 0 Å². The fraction of sp³-hybridized carbons (Fsp3) is 0.588. The molecule has 118 valence electrons. The Labute approximate surface area is 131 Å². The number of aromatic nitrogens is 3. The summed E-state index contributed by atoms with van der Waals surface area (Å²) in [6.45, 7) is 5.66. The highest BCUT2D eigenvalue weighted by atomic mass is 16.2. The predicted molar refractivity (Wildman–Crippen MR) is 86.8 cm³/mol. The van der Waals surface area contributed by atoms with Crippen LogP contribution >= 0.6 is 0 Å². The molecule has 1 fully saturated rings. The van der Waals surface area contributed by atoms with E-state index in [1.54, 1.807) is 0 Å². The van der Waals surface area contributed by atoms with E-state index in [1.165, 1.54) is 19.3 Å². The Morgan fingerprint density at radius 2 is 2.05 bits per heavy atom. The van der Waals surface area contributed by atoms with Crippen LogP contribution in [-0.2, 0) is 6.54 Å². The first-order chi connectivity index (χ1) is 10.7. The van der Waals surface area contributed by atoms with Crippen molar-refractivity contribution in [1.82, 2.24) is 19.9 Å². The molecule has 0 aliphatic heterocycles. The molecule has 0 atom stereocenters. The number of rotatable bonds is 4. The van der Waals surface area contributed by atoms with Gasteiger partial charge in [0.15, 0.2) is 0 Å². The Bertz CT molecular complexity index is 658. The lowest BCUT2D eigenvalue weighted by molar-refractivity contribution is 0.0648. The topological polar surface area (TPSA) is 51.0 Å². The molecule has 0 spiro atoms. The SMILES string of the molecule is CCN(C(=O)c1ccc2c(c1)nnn2CC)C1CCCCC1. The highest BCUT2D eigenvalue weighted by Gasteiger charge is 2.25. The van der Waals surface area contributed by atoms with Crippen LogP contribution in [0.1, 0.15) is 56.3 Å². The number of fused-ring (bicyclic) bond motifs is 1. The van der Waals surface area contributed by atoms with Gasteiger partial charge in [-0.05, 0) is 44.9 Å². The minimum absolute atomic E-state index is 0.127. The van der Waals surface area contributed by atoms with Gasteiger partial charge in [0, 0.05) is 24.7 Å². The minimum atomic E-state index is 0.127. The van der Waals surface area contributed by atoms with Crippen LogP contribution in [0.5, 0.6) is 0 Å². The average molecular weight is 300 g/mol. The molecule has 2 aromatic rings. The van der Waals surface area contributed by atoms with Crippen LogP contribution in [-0.4, -0.2) is 38.4 Å². The van der Waals surface area contributed by atoms with Crippen LogP contribution in [0, 0.1) is 0 Å². The van der Waals surface area contributed by atoms with E-state index in [0.717, 1.165) is 42.5 Å². The molecule has 0 saturated heterocycles. The van der Waals surface area contributed by atoms with E-state index in [2.05, 4.69) is 17.2 Å². The molecule has 1 aliphatic carbocycles. The van der Waals surface area contributed by atoms with Crippen molar-refractivity contribution in [2.75, 3.05) is 6.54 Å². The number of aryl methyl sites for hydroxylation is 1. The molecule has 1 aliphatic rings. The molecule has 1 amide bonds. The zero-order valence-electron chi connectivity index (χ0n) is 13.5. The van der Waals surface area contributed by atoms with Crippen molar-refractivity contribution in [3.05, 3.63) is 23.8 Å². The van der Waals surface area contributed by atoms with Crippen LogP contribution in [0.3, 0.4) is 0 Å². The summed E-state index contributed by atoms with van der Waals surface area (Å²) >= 11 is 0. The van der Waals surface area contributed by atoms with Gasteiger partial charge in [-0.15, -0.1) is 5.10 Å². The number of nitrogens with zero attached hydrogens (tertiary/aromatic N) is 4. The number of hydrogen-bond donors (Lipinski definition) is 0. The molecule has 1 heterocycles. The van der Waals surface area contributed by atoms with Gasteiger partial charge >= 0.3 is 0 Å². The maximum absolute atomic E-state index is 12.9. The molecule has 22 heavy (non-hydrogen) atoms. The normalized spacial score (nSPS) is 16.1. The summed E-state index contributed by atoms with van der Waals surface area (Å²) in [7, 11) is 0.